The van der Waals surface area contributed by atoms with Crippen LogP contribution in [0.5, 0.6) is 0 Å². The van der Waals surface area contributed by atoms with E-state index in [-0.39, 0.29) is 5.56 Å². The summed E-state index contributed by atoms with van der Waals surface area (Å²) < 4.78 is 7.05. The number of aromatic nitrogens is 4. The lowest BCUT2D eigenvalue weighted by Crippen LogP contribution is -2.21. The Morgan fingerprint density at radius 1 is 1.10 bits per heavy atom. The van der Waals surface area contributed by atoms with Gasteiger partial charge in [-0.1, -0.05) is 46.6 Å². The third-order valence-corrected chi connectivity index (χ3v) is 6.75. The van der Waals surface area contributed by atoms with Crippen LogP contribution in [0.3, 0.4) is 0 Å². The Kier molecular flexibility index (Phi) is 5.09. The first-order valence-corrected chi connectivity index (χ1v) is 10.9. The van der Waals surface area contributed by atoms with Gasteiger partial charge in [-0.25, -0.2) is 4.98 Å². The predicted octanol–water partition coefficient (Wildman–Crippen LogP) is 5.84. The van der Waals surface area contributed by atoms with Crippen molar-refractivity contribution in [3.8, 4) is 22.2 Å². The van der Waals surface area contributed by atoms with Gasteiger partial charge in [-0.05, 0) is 48.4 Å². The molecule has 31 heavy (non-hydrogen) atoms. The molecular formula is C22H14Cl2N4O2S. The molecule has 0 atom stereocenters. The highest BCUT2D eigenvalue weighted by Gasteiger charge is 2.20. The topological polar surface area (TPSA) is 73.8 Å². The molecule has 0 amide bonds. The highest BCUT2D eigenvalue weighted by atomic mass is 35.5. The van der Waals surface area contributed by atoms with Crippen LogP contribution in [0.2, 0.25) is 10.0 Å². The third kappa shape index (κ3) is 3.65. The van der Waals surface area contributed by atoms with Gasteiger partial charge in [0.1, 0.15) is 4.83 Å². The summed E-state index contributed by atoms with van der Waals surface area (Å²) in [6.45, 7) is 2.20. The summed E-state index contributed by atoms with van der Waals surface area (Å²) in [5.41, 5.74) is 2.27. The van der Waals surface area contributed by atoms with Gasteiger partial charge in [0.05, 0.1) is 23.1 Å². The maximum atomic E-state index is 13.2. The quantitative estimate of drug-likeness (QED) is 0.331. The van der Waals surface area contributed by atoms with E-state index in [1.807, 2.05) is 37.3 Å². The zero-order chi connectivity index (χ0) is 21.5. The van der Waals surface area contributed by atoms with Crippen molar-refractivity contribution >= 4 is 44.8 Å². The van der Waals surface area contributed by atoms with Crippen molar-refractivity contribution in [1.82, 2.24) is 19.7 Å². The second-order valence-electron chi connectivity index (χ2n) is 6.94. The van der Waals surface area contributed by atoms with Gasteiger partial charge in [0.2, 0.25) is 5.82 Å². The van der Waals surface area contributed by atoms with Crippen LogP contribution >= 0.6 is 34.5 Å². The standard InChI is InChI=1S/C22H14Cl2N4O2S/c1-12-17-21(25-11-28(22(17)29)10-14-4-2-3-5-16(14)24)31-18(12)20-26-19(27-30-20)13-6-8-15(23)9-7-13/h2-9,11H,10H2,1H3. The van der Waals surface area contributed by atoms with Gasteiger partial charge in [0, 0.05) is 15.6 Å². The Morgan fingerprint density at radius 2 is 1.87 bits per heavy atom. The van der Waals surface area contributed by atoms with E-state index in [9.17, 15) is 4.79 Å². The first-order chi connectivity index (χ1) is 15.0. The molecule has 0 saturated carbocycles. The molecule has 3 heterocycles. The maximum Gasteiger partial charge on any atom is 0.268 e. The van der Waals surface area contributed by atoms with Crippen LogP contribution < -0.4 is 5.56 Å². The fourth-order valence-corrected chi connectivity index (χ4v) is 4.70. The van der Waals surface area contributed by atoms with E-state index in [1.165, 1.54) is 11.3 Å². The fourth-order valence-electron chi connectivity index (χ4n) is 3.32. The monoisotopic (exact) mass is 468 g/mol. The van der Waals surface area contributed by atoms with Crippen molar-refractivity contribution in [2.75, 3.05) is 0 Å². The first kappa shape index (κ1) is 19.9. The largest absolute Gasteiger partial charge is 0.333 e. The highest BCUT2D eigenvalue weighted by Crippen LogP contribution is 2.35. The Labute approximate surface area is 190 Å². The molecule has 2 aromatic carbocycles. The molecule has 0 fully saturated rings. The van der Waals surface area contributed by atoms with E-state index in [2.05, 4.69) is 15.1 Å². The van der Waals surface area contributed by atoms with Gasteiger partial charge in [-0.3, -0.25) is 9.36 Å². The van der Waals surface area contributed by atoms with Crippen molar-refractivity contribution in [3.63, 3.8) is 0 Å². The van der Waals surface area contributed by atoms with E-state index in [0.717, 1.165) is 21.6 Å². The number of hydrogen-bond acceptors (Lipinski definition) is 6. The summed E-state index contributed by atoms with van der Waals surface area (Å²) in [4.78, 5) is 23.5. The number of thiophene rings is 1. The number of hydrogen-bond donors (Lipinski definition) is 0. The SMILES string of the molecule is Cc1c(-c2nc(-c3ccc(Cl)cc3)no2)sc2ncn(Cc3ccccc3Cl)c(=O)c12. The Bertz CT molecular complexity index is 1470. The maximum absolute atomic E-state index is 13.2. The summed E-state index contributed by atoms with van der Waals surface area (Å²) in [5.74, 6) is 0.801. The molecule has 154 valence electrons. The molecule has 3 aromatic heterocycles. The van der Waals surface area contributed by atoms with Crippen LogP contribution in [0.4, 0.5) is 0 Å². The number of rotatable bonds is 4. The lowest BCUT2D eigenvalue weighted by molar-refractivity contribution is 0.433. The Balaban J connectivity index is 1.55. The number of fused-ring (bicyclic) bond motifs is 1. The normalized spacial score (nSPS) is 11.3. The van der Waals surface area contributed by atoms with Crippen molar-refractivity contribution < 1.29 is 4.52 Å². The van der Waals surface area contributed by atoms with Crippen molar-refractivity contribution in [2.24, 2.45) is 0 Å². The molecule has 9 heteroatoms. The van der Waals surface area contributed by atoms with Gasteiger partial charge in [-0.15, -0.1) is 11.3 Å². The van der Waals surface area contributed by atoms with Gasteiger partial charge < -0.3 is 4.52 Å². The molecule has 0 saturated heterocycles. The summed E-state index contributed by atoms with van der Waals surface area (Å²) in [5, 5.41) is 5.85. The average molecular weight is 469 g/mol. The van der Waals surface area contributed by atoms with E-state index in [1.54, 1.807) is 29.1 Å². The first-order valence-electron chi connectivity index (χ1n) is 9.33. The summed E-state index contributed by atoms with van der Waals surface area (Å²) in [6.07, 6.45) is 1.54. The molecule has 5 aromatic rings. The second kappa shape index (κ2) is 7.92. The number of nitrogens with zero attached hydrogens (tertiary/aromatic N) is 4. The lowest BCUT2D eigenvalue weighted by atomic mass is 10.2. The minimum absolute atomic E-state index is 0.137. The third-order valence-electron chi connectivity index (χ3n) is 4.94. The van der Waals surface area contributed by atoms with Crippen LogP contribution in [-0.4, -0.2) is 19.7 Å². The lowest BCUT2D eigenvalue weighted by Gasteiger charge is -2.07. The minimum Gasteiger partial charge on any atom is -0.333 e. The number of halogens is 2. The zero-order valence-electron chi connectivity index (χ0n) is 16.2. The second-order valence-corrected chi connectivity index (χ2v) is 8.78. The van der Waals surface area contributed by atoms with E-state index in [0.29, 0.717) is 38.5 Å². The van der Waals surface area contributed by atoms with E-state index < -0.39 is 0 Å². The summed E-state index contributed by atoms with van der Waals surface area (Å²) >= 11 is 13.6. The molecule has 0 bridgehead atoms. The molecular weight excluding hydrogens is 455 g/mol. The summed E-state index contributed by atoms with van der Waals surface area (Å²) in [7, 11) is 0. The molecule has 5 rings (SSSR count). The van der Waals surface area contributed by atoms with Crippen LogP contribution in [0, 0.1) is 6.92 Å². The predicted molar refractivity (Wildman–Crippen MR) is 123 cm³/mol. The van der Waals surface area contributed by atoms with Crippen LogP contribution in [-0.2, 0) is 6.54 Å². The highest BCUT2D eigenvalue weighted by molar-refractivity contribution is 7.22. The van der Waals surface area contributed by atoms with Crippen LogP contribution in [0.1, 0.15) is 11.1 Å². The average Bonchev–Trinajstić information content (AvgIpc) is 3.37. The van der Waals surface area contributed by atoms with Crippen molar-refractivity contribution in [3.05, 3.63) is 86.4 Å². The zero-order valence-corrected chi connectivity index (χ0v) is 18.5. The number of benzene rings is 2. The minimum atomic E-state index is -0.137. The van der Waals surface area contributed by atoms with Gasteiger partial charge in [0.25, 0.3) is 11.4 Å². The van der Waals surface area contributed by atoms with Crippen molar-refractivity contribution in [1.29, 1.82) is 0 Å². The molecule has 0 aliphatic heterocycles. The van der Waals surface area contributed by atoms with Crippen LogP contribution in [0.25, 0.3) is 32.4 Å². The fraction of sp³-hybridized carbons (Fsp3) is 0.0909. The summed E-state index contributed by atoms with van der Waals surface area (Å²) in [6, 6.07) is 14.6. The Hall–Kier alpha value is -3.00. The smallest absolute Gasteiger partial charge is 0.268 e. The van der Waals surface area contributed by atoms with Crippen LogP contribution in [0.15, 0.2) is 64.2 Å². The van der Waals surface area contributed by atoms with E-state index in [4.69, 9.17) is 27.7 Å². The molecule has 0 N–H and O–H groups in total. The molecule has 0 unspecified atom stereocenters. The molecule has 0 aliphatic rings. The van der Waals surface area contributed by atoms with Gasteiger partial charge in [0.15, 0.2) is 0 Å². The van der Waals surface area contributed by atoms with Gasteiger partial charge in [-0.2, -0.15) is 4.98 Å². The van der Waals surface area contributed by atoms with Crippen molar-refractivity contribution in [2.45, 2.75) is 13.5 Å². The van der Waals surface area contributed by atoms with Gasteiger partial charge >= 0.3 is 0 Å². The molecule has 0 spiro atoms. The molecule has 0 aliphatic carbocycles. The molecule has 6 nitrogen and oxygen atoms in total. The van der Waals surface area contributed by atoms with E-state index >= 15 is 0 Å². The molecule has 0 radical (unpaired) electrons. The number of aryl methyl sites for hydroxylation is 1. The Morgan fingerprint density at radius 3 is 2.65 bits per heavy atom.